The molecule has 5 nitrogen and oxygen atoms in total. The minimum atomic E-state index is -0.645. The van der Waals surface area contributed by atoms with Crippen molar-refractivity contribution in [3.8, 4) is 0 Å². The molecule has 0 aliphatic rings. The van der Waals surface area contributed by atoms with Gasteiger partial charge in [0.05, 0.1) is 7.11 Å². The molecule has 12 heavy (non-hydrogen) atoms. The Balaban J connectivity index is 3.13. The molecule has 1 heterocycles. The van der Waals surface area contributed by atoms with Crippen molar-refractivity contribution in [2.24, 2.45) is 0 Å². The van der Waals surface area contributed by atoms with Crippen molar-refractivity contribution in [2.45, 2.75) is 0 Å². The lowest BCUT2D eigenvalue weighted by molar-refractivity contribution is 0.0593. The molecule has 6 heteroatoms. The first kappa shape index (κ1) is 8.73. The number of nitrogens with zero attached hydrogens (tertiary/aromatic N) is 1. The molecule has 1 aromatic rings. The quantitative estimate of drug-likeness (QED) is 0.640. The number of carbonyl (C=O) groups is 1. The summed E-state index contributed by atoms with van der Waals surface area (Å²) in [5.74, 6) is -0.645. The number of halogens is 1. The van der Waals surface area contributed by atoms with Gasteiger partial charge >= 0.3 is 5.97 Å². The summed E-state index contributed by atoms with van der Waals surface area (Å²) in [6.07, 6.45) is 1.14. The smallest absolute Gasteiger partial charge is 0.358 e. The summed E-state index contributed by atoms with van der Waals surface area (Å²) in [5, 5.41) is -0.280. The minimum absolute atomic E-state index is 0.0258. The number of nitrogens with one attached hydrogen (secondary N) is 1. The molecule has 64 valence electrons. The van der Waals surface area contributed by atoms with Crippen LogP contribution in [0.5, 0.6) is 0 Å². The van der Waals surface area contributed by atoms with Crippen LogP contribution in [-0.4, -0.2) is 23.0 Å². The van der Waals surface area contributed by atoms with Gasteiger partial charge in [-0.2, -0.15) is 0 Å². The van der Waals surface area contributed by atoms with Crippen LogP contribution in [0.25, 0.3) is 0 Å². The Bertz CT molecular complexity index is 360. The maximum absolute atomic E-state index is 10.8. The summed E-state index contributed by atoms with van der Waals surface area (Å²) in [4.78, 5) is 27.2. The zero-order valence-corrected chi connectivity index (χ0v) is 6.88. The molecule has 0 unspecified atom stereocenters. The van der Waals surface area contributed by atoms with E-state index in [-0.39, 0.29) is 10.8 Å². The molecule has 0 atom stereocenters. The van der Waals surface area contributed by atoms with Crippen molar-refractivity contribution in [3.05, 3.63) is 27.4 Å². The first-order valence-corrected chi connectivity index (χ1v) is 3.36. The van der Waals surface area contributed by atoms with Gasteiger partial charge in [-0.15, -0.1) is 0 Å². The zero-order valence-electron chi connectivity index (χ0n) is 6.13. The number of esters is 1. The molecule has 0 spiro atoms. The van der Waals surface area contributed by atoms with Gasteiger partial charge in [0.1, 0.15) is 0 Å². The van der Waals surface area contributed by atoms with E-state index in [4.69, 9.17) is 11.6 Å². The standard InChI is InChI=1S/C6H5ClN2O3/c1-12-6(11)3-2-8-5(10)4(7)9-3/h2H,1H3,(H,8,10). The number of H-pyrrole nitrogens is 1. The van der Waals surface area contributed by atoms with E-state index < -0.39 is 11.5 Å². The van der Waals surface area contributed by atoms with E-state index in [1.54, 1.807) is 0 Å². The van der Waals surface area contributed by atoms with E-state index in [0.717, 1.165) is 6.20 Å². The van der Waals surface area contributed by atoms with Gasteiger partial charge in [-0.05, 0) is 0 Å². The molecular weight excluding hydrogens is 184 g/mol. The third kappa shape index (κ3) is 1.62. The van der Waals surface area contributed by atoms with Crippen LogP contribution in [0.3, 0.4) is 0 Å². The van der Waals surface area contributed by atoms with E-state index in [1.807, 2.05) is 0 Å². The Morgan fingerprint density at radius 3 is 2.92 bits per heavy atom. The lowest BCUT2D eigenvalue weighted by Crippen LogP contribution is -2.13. The molecule has 0 aromatic carbocycles. The summed E-state index contributed by atoms with van der Waals surface area (Å²) < 4.78 is 4.35. The van der Waals surface area contributed by atoms with Crippen molar-refractivity contribution >= 4 is 17.6 Å². The molecule has 1 aromatic heterocycles. The van der Waals surface area contributed by atoms with Gasteiger partial charge in [0, 0.05) is 6.20 Å². The van der Waals surface area contributed by atoms with Crippen molar-refractivity contribution in [1.82, 2.24) is 9.97 Å². The van der Waals surface area contributed by atoms with Crippen molar-refractivity contribution in [1.29, 1.82) is 0 Å². The first-order chi connectivity index (χ1) is 5.65. The maximum Gasteiger partial charge on any atom is 0.358 e. The fraction of sp³-hybridized carbons (Fsp3) is 0.167. The second-order valence-corrected chi connectivity index (χ2v) is 2.26. The number of hydrogen-bond donors (Lipinski definition) is 1. The largest absolute Gasteiger partial charge is 0.464 e. The molecule has 0 saturated carbocycles. The number of methoxy groups -OCH3 is 1. The second-order valence-electron chi connectivity index (χ2n) is 1.90. The van der Waals surface area contributed by atoms with Crippen LogP contribution in [0.15, 0.2) is 11.0 Å². The molecule has 1 rings (SSSR count). The molecule has 0 saturated heterocycles. The number of carbonyl (C=O) groups excluding carboxylic acids is 1. The average molecular weight is 189 g/mol. The fourth-order valence-electron chi connectivity index (χ4n) is 0.591. The van der Waals surface area contributed by atoms with Gasteiger partial charge in [-0.1, -0.05) is 11.6 Å². The monoisotopic (exact) mass is 188 g/mol. The molecule has 0 aliphatic heterocycles. The summed E-state index contributed by atoms with van der Waals surface area (Å²) in [6.45, 7) is 0. The highest BCUT2D eigenvalue weighted by Crippen LogP contribution is 1.98. The Kier molecular flexibility index (Phi) is 2.44. The predicted octanol–water partition coefficient (Wildman–Crippen LogP) is 0.210. The maximum atomic E-state index is 10.8. The Labute approximate surface area is 72.3 Å². The van der Waals surface area contributed by atoms with E-state index in [0.29, 0.717) is 0 Å². The Morgan fingerprint density at radius 1 is 1.75 bits per heavy atom. The van der Waals surface area contributed by atoms with Gasteiger partial charge in [-0.3, -0.25) is 4.79 Å². The average Bonchev–Trinajstić information content (AvgIpc) is 2.08. The van der Waals surface area contributed by atoms with Gasteiger partial charge in [-0.25, -0.2) is 9.78 Å². The van der Waals surface area contributed by atoms with Crippen LogP contribution in [0.2, 0.25) is 5.15 Å². The highest BCUT2D eigenvalue weighted by Gasteiger charge is 2.08. The highest BCUT2D eigenvalue weighted by molar-refractivity contribution is 6.29. The molecule has 0 fully saturated rings. The molecule has 0 amide bonds. The summed E-state index contributed by atoms with van der Waals surface area (Å²) in [7, 11) is 1.21. The second kappa shape index (κ2) is 3.36. The van der Waals surface area contributed by atoms with Crippen LogP contribution >= 0.6 is 11.6 Å². The number of rotatable bonds is 1. The van der Waals surface area contributed by atoms with Crippen molar-refractivity contribution < 1.29 is 9.53 Å². The summed E-state index contributed by atoms with van der Waals surface area (Å²) in [6, 6.07) is 0. The molecular formula is C6H5ClN2O3. The number of ether oxygens (including phenoxy) is 1. The van der Waals surface area contributed by atoms with E-state index in [2.05, 4.69) is 14.7 Å². The van der Waals surface area contributed by atoms with Gasteiger partial charge in [0.25, 0.3) is 5.56 Å². The fourth-order valence-corrected chi connectivity index (χ4v) is 0.737. The van der Waals surface area contributed by atoms with Gasteiger partial charge in [0.15, 0.2) is 10.8 Å². The van der Waals surface area contributed by atoms with Crippen LogP contribution in [0.1, 0.15) is 10.5 Å². The summed E-state index contributed by atoms with van der Waals surface area (Å²) in [5.41, 5.74) is -0.564. The normalized spacial score (nSPS) is 9.50. The third-order valence-electron chi connectivity index (χ3n) is 1.14. The number of hydrogen-bond acceptors (Lipinski definition) is 4. The number of aromatic nitrogens is 2. The summed E-state index contributed by atoms with van der Waals surface area (Å²) >= 11 is 5.35. The predicted molar refractivity (Wildman–Crippen MR) is 41.2 cm³/mol. The first-order valence-electron chi connectivity index (χ1n) is 2.98. The SMILES string of the molecule is COC(=O)c1c[nH]c(=O)c(Cl)n1. The van der Waals surface area contributed by atoms with E-state index >= 15 is 0 Å². The van der Waals surface area contributed by atoms with Crippen molar-refractivity contribution in [3.63, 3.8) is 0 Å². The van der Waals surface area contributed by atoms with Crippen molar-refractivity contribution in [2.75, 3.05) is 7.11 Å². The topological polar surface area (TPSA) is 72.1 Å². The Hall–Kier alpha value is -1.36. The van der Waals surface area contributed by atoms with Crippen LogP contribution in [0, 0.1) is 0 Å². The lowest BCUT2D eigenvalue weighted by Gasteiger charge is -1.96. The van der Waals surface area contributed by atoms with Crippen LogP contribution in [0.4, 0.5) is 0 Å². The van der Waals surface area contributed by atoms with Gasteiger partial charge < -0.3 is 9.72 Å². The Morgan fingerprint density at radius 2 is 2.42 bits per heavy atom. The molecule has 0 bridgehead atoms. The molecule has 1 N–H and O–H groups in total. The third-order valence-corrected chi connectivity index (χ3v) is 1.40. The number of aromatic amines is 1. The lowest BCUT2D eigenvalue weighted by atomic mass is 10.5. The molecule has 0 radical (unpaired) electrons. The zero-order chi connectivity index (χ0) is 9.14. The van der Waals surface area contributed by atoms with E-state index in [9.17, 15) is 9.59 Å². The molecule has 0 aliphatic carbocycles. The van der Waals surface area contributed by atoms with Crippen LogP contribution < -0.4 is 5.56 Å². The highest BCUT2D eigenvalue weighted by atomic mass is 35.5. The van der Waals surface area contributed by atoms with Crippen LogP contribution in [-0.2, 0) is 4.74 Å². The van der Waals surface area contributed by atoms with Gasteiger partial charge in [0.2, 0.25) is 0 Å². The van der Waals surface area contributed by atoms with E-state index in [1.165, 1.54) is 7.11 Å². The minimum Gasteiger partial charge on any atom is -0.464 e.